The summed E-state index contributed by atoms with van der Waals surface area (Å²) in [6, 6.07) is 0. The van der Waals surface area contributed by atoms with Crippen molar-refractivity contribution in [2.24, 2.45) is 0 Å². The van der Waals surface area contributed by atoms with Crippen LogP contribution in [0.5, 0.6) is 0 Å². The Labute approximate surface area is 500 Å². The van der Waals surface area contributed by atoms with Crippen LogP contribution >= 0.6 is 0 Å². The summed E-state index contributed by atoms with van der Waals surface area (Å²) in [5.41, 5.74) is 0. The van der Waals surface area contributed by atoms with Crippen LogP contribution in [0, 0.1) is 0 Å². The predicted octanol–water partition coefficient (Wildman–Crippen LogP) is 23.3. The topological polar surface area (TPSA) is 78.9 Å². The van der Waals surface area contributed by atoms with E-state index in [-0.39, 0.29) is 37.5 Å². The molecule has 0 spiro atoms. The fraction of sp³-hybridized carbons (Fsp3) is 0.667. The van der Waals surface area contributed by atoms with Crippen molar-refractivity contribution in [3.8, 4) is 0 Å². The minimum Gasteiger partial charge on any atom is -0.462 e. The van der Waals surface area contributed by atoms with Crippen molar-refractivity contribution in [2.75, 3.05) is 13.2 Å². The number of carbonyl (C=O) groups is 3. The van der Waals surface area contributed by atoms with Gasteiger partial charge in [0, 0.05) is 19.3 Å². The van der Waals surface area contributed by atoms with Gasteiger partial charge in [0.25, 0.3) is 0 Å². The molecule has 0 bridgehead atoms. The van der Waals surface area contributed by atoms with Gasteiger partial charge in [-0.2, -0.15) is 0 Å². The molecule has 6 heteroatoms. The van der Waals surface area contributed by atoms with Gasteiger partial charge < -0.3 is 14.2 Å². The summed E-state index contributed by atoms with van der Waals surface area (Å²) in [4.78, 5) is 38.3. The molecule has 1 atom stereocenters. The molecule has 0 aromatic rings. The van der Waals surface area contributed by atoms with E-state index >= 15 is 0 Å². The van der Waals surface area contributed by atoms with Gasteiger partial charge in [0.05, 0.1) is 0 Å². The number of ether oxygens (including phenoxy) is 3. The maximum Gasteiger partial charge on any atom is 0.306 e. The van der Waals surface area contributed by atoms with Gasteiger partial charge >= 0.3 is 17.9 Å². The first-order chi connectivity index (χ1) is 40.0. The Hall–Kier alpha value is -4.45. The first kappa shape index (κ1) is 76.5. The molecular formula is C75H124O6. The van der Waals surface area contributed by atoms with Crippen LogP contribution in [-0.2, 0) is 28.6 Å². The second-order valence-corrected chi connectivity index (χ2v) is 22.0. The minimum absolute atomic E-state index is 0.106. The van der Waals surface area contributed by atoms with E-state index in [1.807, 2.05) is 6.08 Å². The van der Waals surface area contributed by atoms with E-state index in [0.717, 1.165) is 109 Å². The molecule has 0 heterocycles. The van der Waals surface area contributed by atoms with Crippen LogP contribution in [0.15, 0.2) is 134 Å². The van der Waals surface area contributed by atoms with Gasteiger partial charge in [0.15, 0.2) is 6.10 Å². The van der Waals surface area contributed by atoms with Crippen LogP contribution in [0.2, 0.25) is 0 Å². The number of rotatable bonds is 60. The highest BCUT2D eigenvalue weighted by Crippen LogP contribution is 2.16. The Bertz CT molecular complexity index is 1720. The Balaban J connectivity index is 4.32. The van der Waals surface area contributed by atoms with Gasteiger partial charge in [-0.05, 0) is 122 Å². The Morgan fingerprint density at radius 1 is 0.259 bits per heavy atom. The number of carbonyl (C=O) groups excluding carboxylic acids is 3. The van der Waals surface area contributed by atoms with Gasteiger partial charge in [-0.15, -0.1) is 0 Å². The zero-order valence-electron chi connectivity index (χ0n) is 52.8. The first-order valence-corrected chi connectivity index (χ1v) is 33.7. The standard InChI is InChI=1S/C75H124O6/c1-4-7-10-13-16-19-22-25-27-29-31-33-34-35-36-37-38-39-40-42-43-45-47-50-53-56-59-62-65-68-74(77)80-71-72(70-79-73(76)67-64-61-58-55-52-49-24-21-18-15-12-9-6-3)81-75(78)69-66-63-60-57-54-51-48-46-44-41-32-30-28-26-23-20-17-14-11-8-5-2/h8-9,11-12,17-18,20-22,25-26,28-29,31-32,34-35,41,49,52,58,61,72H,4-7,10,13-16,19,23-24,27,30,33,36-40,42-48,50-51,53-57,59-60,62-71H2,1-3H3/b11-8-,12-9-,20-17-,21-18-,25-22-,28-26-,31-29-,35-34-,41-32-,52-49-,61-58-. The second kappa shape index (κ2) is 68.1. The number of hydrogen-bond donors (Lipinski definition) is 0. The van der Waals surface area contributed by atoms with Crippen LogP contribution in [-0.4, -0.2) is 37.2 Å². The molecule has 0 saturated heterocycles. The molecule has 0 fully saturated rings. The highest BCUT2D eigenvalue weighted by Gasteiger charge is 2.19. The summed E-state index contributed by atoms with van der Waals surface area (Å²) in [6.45, 7) is 6.34. The van der Waals surface area contributed by atoms with Crippen molar-refractivity contribution in [1.82, 2.24) is 0 Å². The fourth-order valence-electron chi connectivity index (χ4n) is 9.16. The van der Waals surface area contributed by atoms with E-state index in [1.165, 1.54) is 148 Å². The van der Waals surface area contributed by atoms with Gasteiger partial charge in [0.2, 0.25) is 0 Å². The molecule has 0 radical (unpaired) electrons. The molecule has 0 aromatic carbocycles. The molecule has 0 aromatic heterocycles. The van der Waals surface area contributed by atoms with E-state index in [1.54, 1.807) is 0 Å². The molecule has 6 nitrogen and oxygen atoms in total. The predicted molar refractivity (Wildman–Crippen MR) is 353 cm³/mol. The average Bonchev–Trinajstić information content (AvgIpc) is 3.46. The lowest BCUT2D eigenvalue weighted by atomic mass is 10.0. The van der Waals surface area contributed by atoms with E-state index in [2.05, 4.69) is 148 Å². The van der Waals surface area contributed by atoms with Crippen LogP contribution in [0.3, 0.4) is 0 Å². The molecule has 0 amide bonds. The quantitative estimate of drug-likeness (QED) is 0.0261. The molecule has 0 N–H and O–H groups in total. The van der Waals surface area contributed by atoms with E-state index in [9.17, 15) is 14.4 Å². The number of unbranched alkanes of at least 4 members (excludes halogenated alkanes) is 27. The lowest BCUT2D eigenvalue weighted by molar-refractivity contribution is -0.166. The van der Waals surface area contributed by atoms with E-state index in [0.29, 0.717) is 19.3 Å². The summed E-state index contributed by atoms with van der Waals surface area (Å²) in [5, 5.41) is 0. The third kappa shape index (κ3) is 66.2. The number of esters is 3. The molecule has 0 aliphatic heterocycles. The lowest BCUT2D eigenvalue weighted by Gasteiger charge is -2.18. The summed E-state index contributed by atoms with van der Waals surface area (Å²) in [7, 11) is 0. The molecule has 0 rings (SSSR count). The molecule has 0 aliphatic carbocycles. The van der Waals surface area contributed by atoms with Crippen molar-refractivity contribution >= 4 is 17.9 Å². The molecule has 81 heavy (non-hydrogen) atoms. The third-order valence-corrected chi connectivity index (χ3v) is 14.1. The van der Waals surface area contributed by atoms with Gasteiger partial charge in [-0.25, -0.2) is 0 Å². The number of allylic oxidation sites excluding steroid dienone is 22. The van der Waals surface area contributed by atoms with E-state index < -0.39 is 6.10 Å². The normalized spacial score (nSPS) is 13.0. The van der Waals surface area contributed by atoms with Crippen LogP contribution in [0.1, 0.15) is 303 Å². The maximum atomic E-state index is 12.9. The smallest absolute Gasteiger partial charge is 0.306 e. The highest BCUT2D eigenvalue weighted by molar-refractivity contribution is 5.71. The lowest BCUT2D eigenvalue weighted by Crippen LogP contribution is -2.30. The maximum absolute atomic E-state index is 12.9. The van der Waals surface area contributed by atoms with Gasteiger partial charge in [-0.3, -0.25) is 14.4 Å². The molecule has 0 aliphatic rings. The average molecular weight is 1120 g/mol. The molecule has 0 saturated carbocycles. The number of hydrogen-bond acceptors (Lipinski definition) is 6. The zero-order chi connectivity index (χ0) is 58.5. The minimum atomic E-state index is -0.817. The van der Waals surface area contributed by atoms with Gasteiger partial charge in [0.1, 0.15) is 13.2 Å². The largest absolute Gasteiger partial charge is 0.462 e. The summed E-state index contributed by atoms with van der Waals surface area (Å²) in [5.74, 6) is -0.996. The Kier molecular flexibility index (Phi) is 64.3. The van der Waals surface area contributed by atoms with Crippen LogP contribution in [0.25, 0.3) is 0 Å². The second-order valence-electron chi connectivity index (χ2n) is 22.0. The molecule has 1 unspecified atom stereocenters. The SMILES string of the molecule is CC/C=C\C/C=C\C/C=C\C/C=C\CCCCCCCCCCC(=O)OC(COC(=O)CC/C=C\C/C=C\C/C=C\C/C=C\CC)COC(=O)CCCCCCCCCCCCCCCC/C=C\C/C=C\C/C=C\CCCCCCC. The third-order valence-electron chi connectivity index (χ3n) is 14.1. The Morgan fingerprint density at radius 3 is 0.827 bits per heavy atom. The summed E-state index contributed by atoms with van der Waals surface area (Å²) in [6.07, 6.45) is 96.3. The van der Waals surface area contributed by atoms with Crippen molar-refractivity contribution in [1.29, 1.82) is 0 Å². The highest BCUT2D eigenvalue weighted by atomic mass is 16.6. The fourth-order valence-corrected chi connectivity index (χ4v) is 9.16. The van der Waals surface area contributed by atoms with Crippen molar-refractivity contribution < 1.29 is 28.6 Å². The zero-order valence-corrected chi connectivity index (χ0v) is 52.8. The molecule has 460 valence electrons. The Morgan fingerprint density at radius 2 is 0.506 bits per heavy atom. The van der Waals surface area contributed by atoms with Gasteiger partial charge in [-0.1, -0.05) is 296 Å². The van der Waals surface area contributed by atoms with Crippen molar-refractivity contribution in [3.63, 3.8) is 0 Å². The van der Waals surface area contributed by atoms with E-state index in [4.69, 9.17) is 14.2 Å². The van der Waals surface area contributed by atoms with Crippen LogP contribution in [0.4, 0.5) is 0 Å². The summed E-state index contributed by atoms with van der Waals surface area (Å²) < 4.78 is 16.9. The summed E-state index contributed by atoms with van der Waals surface area (Å²) >= 11 is 0. The van der Waals surface area contributed by atoms with Crippen molar-refractivity contribution in [3.05, 3.63) is 134 Å². The molecular weight excluding hydrogens is 997 g/mol. The first-order valence-electron chi connectivity index (χ1n) is 33.7. The van der Waals surface area contributed by atoms with Crippen LogP contribution < -0.4 is 0 Å². The monoisotopic (exact) mass is 1120 g/mol. The van der Waals surface area contributed by atoms with Crippen molar-refractivity contribution in [2.45, 2.75) is 309 Å².